The molecule has 0 atom stereocenters. The Morgan fingerprint density at radius 1 is 1.19 bits per heavy atom. The minimum atomic E-state index is -0.210. The van der Waals surface area contributed by atoms with E-state index in [0.717, 1.165) is 47.9 Å². The fourth-order valence-corrected chi connectivity index (χ4v) is 3.94. The van der Waals surface area contributed by atoms with E-state index in [9.17, 15) is 9.18 Å². The van der Waals surface area contributed by atoms with Crippen LogP contribution in [0.25, 0.3) is 11.0 Å². The number of carbonyl (C=O) groups excluding carboxylic acids is 1. The van der Waals surface area contributed by atoms with Gasteiger partial charge in [0.15, 0.2) is 5.76 Å². The largest absolute Gasteiger partial charge is 0.450 e. The molecular weight excluding hydrogens is 411 g/mol. The van der Waals surface area contributed by atoms with Crippen LogP contribution in [-0.4, -0.2) is 29.9 Å². The highest BCUT2D eigenvalue weighted by Gasteiger charge is 2.23. The summed E-state index contributed by atoms with van der Waals surface area (Å²) in [6.45, 7) is 2.60. The summed E-state index contributed by atoms with van der Waals surface area (Å²) < 4.78 is 19.6. The van der Waals surface area contributed by atoms with E-state index in [-0.39, 0.29) is 17.8 Å². The zero-order valence-corrected chi connectivity index (χ0v) is 16.3. The van der Waals surface area contributed by atoms with Crippen LogP contribution in [0.3, 0.4) is 0 Å². The number of para-hydroxylation sites is 1. The summed E-state index contributed by atoms with van der Waals surface area (Å²) in [6.07, 6.45) is 1.77. The number of benzene rings is 2. The van der Waals surface area contributed by atoms with Crippen molar-refractivity contribution in [1.29, 1.82) is 0 Å². The van der Waals surface area contributed by atoms with Gasteiger partial charge >= 0.3 is 0 Å². The lowest BCUT2D eigenvalue weighted by Gasteiger charge is -2.32. The molecule has 0 spiro atoms. The molecule has 6 heteroatoms. The van der Waals surface area contributed by atoms with Crippen molar-refractivity contribution in [2.45, 2.75) is 25.4 Å². The maximum Gasteiger partial charge on any atom is 0.287 e. The van der Waals surface area contributed by atoms with Crippen LogP contribution in [-0.2, 0) is 6.54 Å². The van der Waals surface area contributed by atoms with E-state index in [0.29, 0.717) is 11.3 Å². The topological polar surface area (TPSA) is 45.5 Å². The third-order valence-corrected chi connectivity index (χ3v) is 5.59. The molecule has 1 fully saturated rings. The number of hydrogen-bond donors (Lipinski definition) is 1. The molecule has 1 saturated heterocycles. The van der Waals surface area contributed by atoms with Gasteiger partial charge in [-0.15, -0.1) is 0 Å². The van der Waals surface area contributed by atoms with E-state index in [1.807, 2.05) is 30.3 Å². The average molecular weight is 431 g/mol. The number of rotatable bonds is 4. The van der Waals surface area contributed by atoms with Crippen molar-refractivity contribution in [3.8, 4) is 0 Å². The van der Waals surface area contributed by atoms with Crippen LogP contribution in [0.2, 0.25) is 0 Å². The van der Waals surface area contributed by atoms with E-state index in [1.165, 1.54) is 12.1 Å². The Morgan fingerprint density at radius 2 is 1.93 bits per heavy atom. The minimum absolute atomic E-state index is 0.138. The summed E-state index contributed by atoms with van der Waals surface area (Å²) in [7, 11) is 0. The fourth-order valence-electron chi connectivity index (χ4n) is 3.48. The maximum absolute atomic E-state index is 13.0. The molecular formula is C21H20BrFN2O2. The van der Waals surface area contributed by atoms with E-state index in [4.69, 9.17) is 4.42 Å². The molecule has 0 bridgehead atoms. The SMILES string of the molecule is O=C(NC1CCN(Cc2ccc(F)cc2)CC1)c1cc2cccc(Br)c2o1. The zero-order valence-electron chi connectivity index (χ0n) is 14.8. The van der Waals surface area contributed by atoms with Crippen molar-refractivity contribution in [3.05, 3.63) is 70.1 Å². The second-order valence-corrected chi connectivity index (χ2v) is 7.77. The summed E-state index contributed by atoms with van der Waals surface area (Å²) in [4.78, 5) is 14.9. The molecule has 1 N–H and O–H groups in total. The number of likely N-dealkylation sites (tertiary alicyclic amines) is 1. The Kier molecular flexibility index (Phi) is 5.27. The van der Waals surface area contributed by atoms with Gasteiger partial charge in [0.25, 0.3) is 5.91 Å². The van der Waals surface area contributed by atoms with Crippen LogP contribution in [0, 0.1) is 5.82 Å². The predicted molar refractivity (Wildman–Crippen MR) is 106 cm³/mol. The Morgan fingerprint density at radius 3 is 2.63 bits per heavy atom. The molecule has 0 radical (unpaired) electrons. The van der Waals surface area contributed by atoms with Gasteiger partial charge in [-0.1, -0.05) is 24.3 Å². The monoisotopic (exact) mass is 430 g/mol. The van der Waals surface area contributed by atoms with Gasteiger partial charge in [-0.05, 0) is 58.6 Å². The van der Waals surface area contributed by atoms with Gasteiger partial charge in [0.2, 0.25) is 0 Å². The molecule has 1 aliphatic heterocycles. The van der Waals surface area contributed by atoms with Gasteiger partial charge in [0, 0.05) is 31.1 Å². The molecule has 4 nitrogen and oxygen atoms in total. The Labute approximate surface area is 165 Å². The number of carbonyl (C=O) groups is 1. The molecule has 2 aromatic carbocycles. The number of furan rings is 1. The number of nitrogens with zero attached hydrogens (tertiary/aromatic N) is 1. The summed E-state index contributed by atoms with van der Waals surface area (Å²) in [6, 6.07) is 14.3. The van der Waals surface area contributed by atoms with Crippen LogP contribution in [0.1, 0.15) is 29.0 Å². The van der Waals surface area contributed by atoms with E-state index in [1.54, 1.807) is 6.07 Å². The van der Waals surface area contributed by atoms with Crippen molar-refractivity contribution in [2.75, 3.05) is 13.1 Å². The lowest BCUT2D eigenvalue weighted by Crippen LogP contribution is -2.44. The summed E-state index contributed by atoms with van der Waals surface area (Å²) in [5.41, 5.74) is 1.79. The number of hydrogen-bond acceptors (Lipinski definition) is 3. The first kappa shape index (κ1) is 18.2. The van der Waals surface area contributed by atoms with Gasteiger partial charge in [-0.25, -0.2) is 4.39 Å². The maximum atomic E-state index is 13.0. The first-order valence-corrected chi connectivity index (χ1v) is 9.83. The summed E-state index contributed by atoms with van der Waals surface area (Å²) in [5, 5.41) is 3.99. The number of amides is 1. The quantitative estimate of drug-likeness (QED) is 0.650. The molecule has 27 heavy (non-hydrogen) atoms. The molecule has 1 aliphatic rings. The molecule has 140 valence electrons. The lowest BCUT2D eigenvalue weighted by atomic mass is 10.0. The molecule has 0 saturated carbocycles. The highest BCUT2D eigenvalue weighted by Crippen LogP contribution is 2.27. The average Bonchev–Trinajstić information content (AvgIpc) is 3.11. The molecule has 1 amide bonds. The fraction of sp³-hybridized carbons (Fsp3) is 0.286. The normalized spacial score (nSPS) is 15.9. The zero-order chi connectivity index (χ0) is 18.8. The number of piperidine rings is 1. The van der Waals surface area contributed by atoms with Crippen LogP contribution in [0.15, 0.2) is 57.4 Å². The lowest BCUT2D eigenvalue weighted by molar-refractivity contribution is 0.0883. The standard InChI is InChI=1S/C21H20BrFN2O2/c22-18-3-1-2-15-12-19(27-20(15)18)21(26)24-17-8-10-25(11-9-17)13-14-4-6-16(23)7-5-14/h1-7,12,17H,8-11,13H2,(H,24,26). The molecule has 3 aromatic rings. The smallest absolute Gasteiger partial charge is 0.287 e. The van der Waals surface area contributed by atoms with Gasteiger partial charge in [-0.2, -0.15) is 0 Å². The Balaban J connectivity index is 1.32. The van der Waals surface area contributed by atoms with Crippen molar-refractivity contribution < 1.29 is 13.6 Å². The number of nitrogens with one attached hydrogen (secondary N) is 1. The summed E-state index contributed by atoms with van der Waals surface area (Å²) in [5.74, 6) is -0.0430. The van der Waals surface area contributed by atoms with Gasteiger partial charge in [0.1, 0.15) is 11.4 Å². The first-order valence-electron chi connectivity index (χ1n) is 9.04. The van der Waals surface area contributed by atoms with Crippen LogP contribution >= 0.6 is 15.9 Å². The highest BCUT2D eigenvalue weighted by molar-refractivity contribution is 9.10. The second kappa shape index (κ2) is 7.82. The van der Waals surface area contributed by atoms with Crippen LogP contribution in [0.4, 0.5) is 4.39 Å². The third kappa shape index (κ3) is 4.22. The second-order valence-electron chi connectivity index (χ2n) is 6.92. The van der Waals surface area contributed by atoms with Crippen molar-refractivity contribution in [2.24, 2.45) is 0 Å². The Hall–Kier alpha value is -2.18. The van der Waals surface area contributed by atoms with E-state index >= 15 is 0 Å². The van der Waals surface area contributed by atoms with E-state index < -0.39 is 0 Å². The van der Waals surface area contributed by atoms with Gasteiger partial charge in [0.05, 0.1) is 4.47 Å². The molecule has 0 unspecified atom stereocenters. The van der Waals surface area contributed by atoms with Gasteiger partial charge < -0.3 is 9.73 Å². The van der Waals surface area contributed by atoms with Gasteiger partial charge in [-0.3, -0.25) is 9.69 Å². The summed E-state index contributed by atoms with van der Waals surface area (Å²) >= 11 is 3.44. The minimum Gasteiger partial charge on any atom is -0.450 e. The van der Waals surface area contributed by atoms with Crippen molar-refractivity contribution in [1.82, 2.24) is 10.2 Å². The number of halogens is 2. The first-order chi connectivity index (χ1) is 13.1. The van der Waals surface area contributed by atoms with Crippen LogP contribution < -0.4 is 5.32 Å². The van der Waals surface area contributed by atoms with Crippen molar-refractivity contribution in [3.63, 3.8) is 0 Å². The third-order valence-electron chi connectivity index (χ3n) is 4.96. The highest BCUT2D eigenvalue weighted by atomic mass is 79.9. The number of fused-ring (bicyclic) bond motifs is 1. The van der Waals surface area contributed by atoms with E-state index in [2.05, 4.69) is 26.1 Å². The molecule has 0 aliphatic carbocycles. The Bertz CT molecular complexity index is 946. The molecule has 1 aromatic heterocycles. The predicted octanol–water partition coefficient (Wildman–Crippen LogP) is 4.73. The van der Waals surface area contributed by atoms with Crippen molar-refractivity contribution >= 4 is 32.8 Å². The molecule has 4 rings (SSSR count). The molecule has 2 heterocycles. The van der Waals surface area contributed by atoms with Crippen LogP contribution in [0.5, 0.6) is 0 Å².